The highest BCUT2D eigenvalue weighted by Gasteiger charge is 2.09. The van der Waals surface area contributed by atoms with Crippen molar-refractivity contribution in [2.24, 2.45) is 5.73 Å². The van der Waals surface area contributed by atoms with Gasteiger partial charge in [0.1, 0.15) is 11.5 Å². The summed E-state index contributed by atoms with van der Waals surface area (Å²) < 4.78 is 0. The zero-order valence-corrected chi connectivity index (χ0v) is 12.1. The van der Waals surface area contributed by atoms with Crippen LogP contribution in [-0.4, -0.2) is 22.8 Å². The highest BCUT2D eigenvalue weighted by Crippen LogP contribution is 2.14. The molecule has 2 aromatic rings. The average molecular weight is 289 g/mol. The molecule has 0 aliphatic carbocycles. The van der Waals surface area contributed by atoms with Gasteiger partial charge in [-0.05, 0) is 36.4 Å². The van der Waals surface area contributed by atoms with Crippen LogP contribution in [0.25, 0.3) is 0 Å². The van der Waals surface area contributed by atoms with E-state index in [0.717, 1.165) is 22.7 Å². The molecule has 5 heteroatoms. The summed E-state index contributed by atoms with van der Waals surface area (Å²) in [4.78, 5) is 6.29. The lowest BCUT2D eigenvalue weighted by atomic mass is 10.1. The standard InChI is InChI=1S/C15H17ClN4/c1-20(9-11-4-2-6-13(16)8-11)10-12-5-3-7-19-14(12)15(17)18/h2-8H,9-10H2,1H3,(H3,17,18). The minimum absolute atomic E-state index is 0.00300. The number of aromatic nitrogens is 1. The molecule has 20 heavy (non-hydrogen) atoms. The van der Waals surface area contributed by atoms with Crippen molar-refractivity contribution in [1.29, 1.82) is 5.41 Å². The second-order valence-corrected chi connectivity index (χ2v) is 5.16. The number of pyridine rings is 1. The third kappa shape index (κ3) is 3.79. The van der Waals surface area contributed by atoms with Crippen molar-refractivity contribution in [1.82, 2.24) is 9.88 Å². The van der Waals surface area contributed by atoms with Crippen LogP contribution in [0.2, 0.25) is 5.02 Å². The number of amidine groups is 1. The second-order valence-electron chi connectivity index (χ2n) is 4.73. The van der Waals surface area contributed by atoms with Crippen LogP contribution in [0.3, 0.4) is 0 Å². The van der Waals surface area contributed by atoms with E-state index in [4.69, 9.17) is 22.7 Å². The molecule has 0 spiro atoms. The molecule has 2 rings (SSSR count). The number of benzene rings is 1. The lowest BCUT2D eigenvalue weighted by molar-refractivity contribution is 0.318. The first-order valence-electron chi connectivity index (χ1n) is 6.27. The smallest absolute Gasteiger partial charge is 0.142 e. The quantitative estimate of drug-likeness (QED) is 0.656. The van der Waals surface area contributed by atoms with Gasteiger partial charge in [-0.2, -0.15) is 0 Å². The van der Waals surface area contributed by atoms with Gasteiger partial charge in [0.25, 0.3) is 0 Å². The number of nitrogen functional groups attached to an aromatic ring is 1. The van der Waals surface area contributed by atoms with Crippen LogP contribution in [0.15, 0.2) is 42.6 Å². The number of rotatable bonds is 5. The molecule has 104 valence electrons. The van der Waals surface area contributed by atoms with Gasteiger partial charge in [0.2, 0.25) is 0 Å². The Morgan fingerprint density at radius 3 is 2.80 bits per heavy atom. The Balaban J connectivity index is 2.08. The lowest BCUT2D eigenvalue weighted by Crippen LogP contribution is -2.22. The van der Waals surface area contributed by atoms with Crippen molar-refractivity contribution in [3.05, 3.63) is 64.4 Å². The summed E-state index contributed by atoms with van der Waals surface area (Å²) in [5.41, 5.74) is 8.19. The Morgan fingerprint density at radius 2 is 2.10 bits per heavy atom. The Bertz CT molecular complexity index is 612. The first-order valence-corrected chi connectivity index (χ1v) is 6.65. The number of halogens is 1. The van der Waals surface area contributed by atoms with Gasteiger partial charge in [0.05, 0.1) is 0 Å². The molecule has 3 N–H and O–H groups in total. The highest BCUT2D eigenvalue weighted by molar-refractivity contribution is 6.30. The summed E-state index contributed by atoms with van der Waals surface area (Å²) in [6.45, 7) is 1.45. The molecule has 0 fully saturated rings. The number of nitrogens with zero attached hydrogens (tertiary/aromatic N) is 2. The Morgan fingerprint density at radius 1 is 1.30 bits per heavy atom. The molecule has 0 saturated heterocycles. The van der Waals surface area contributed by atoms with E-state index in [2.05, 4.69) is 9.88 Å². The molecule has 0 aliphatic rings. The molecule has 0 amide bonds. The van der Waals surface area contributed by atoms with E-state index in [0.29, 0.717) is 12.2 Å². The maximum atomic E-state index is 7.55. The van der Waals surface area contributed by atoms with Crippen molar-refractivity contribution in [2.75, 3.05) is 7.05 Å². The summed E-state index contributed by atoms with van der Waals surface area (Å²) in [6.07, 6.45) is 1.65. The Hall–Kier alpha value is -1.91. The highest BCUT2D eigenvalue weighted by atomic mass is 35.5. The molecule has 0 aliphatic heterocycles. The van der Waals surface area contributed by atoms with E-state index >= 15 is 0 Å². The predicted molar refractivity (Wildman–Crippen MR) is 81.9 cm³/mol. The average Bonchev–Trinajstić information content (AvgIpc) is 2.38. The van der Waals surface area contributed by atoms with Crippen LogP contribution in [0.5, 0.6) is 0 Å². The molecule has 1 heterocycles. The second kappa shape index (κ2) is 6.50. The van der Waals surface area contributed by atoms with E-state index in [1.54, 1.807) is 6.20 Å². The van der Waals surface area contributed by atoms with Gasteiger partial charge in [-0.3, -0.25) is 15.3 Å². The molecule has 4 nitrogen and oxygen atoms in total. The van der Waals surface area contributed by atoms with Gasteiger partial charge >= 0.3 is 0 Å². The molecule has 0 radical (unpaired) electrons. The van der Waals surface area contributed by atoms with Crippen molar-refractivity contribution in [2.45, 2.75) is 13.1 Å². The van der Waals surface area contributed by atoms with E-state index in [1.807, 2.05) is 43.4 Å². The van der Waals surface area contributed by atoms with Crippen molar-refractivity contribution in [3.8, 4) is 0 Å². The molecule has 0 atom stereocenters. The van der Waals surface area contributed by atoms with E-state index in [9.17, 15) is 0 Å². The molecular formula is C15H17ClN4. The minimum Gasteiger partial charge on any atom is -0.382 e. The van der Waals surface area contributed by atoms with Crippen molar-refractivity contribution in [3.63, 3.8) is 0 Å². The van der Waals surface area contributed by atoms with E-state index in [1.165, 1.54) is 0 Å². The number of hydrogen-bond acceptors (Lipinski definition) is 3. The Labute approximate surface area is 123 Å². The molecule has 1 aromatic carbocycles. The largest absolute Gasteiger partial charge is 0.382 e. The third-order valence-corrected chi connectivity index (χ3v) is 3.16. The number of nitrogens with one attached hydrogen (secondary N) is 1. The molecule has 0 unspecified atom stereocenters. The molecule has 0 bridgehead atoms. The normalized spacial score (nSPS) is 10.8. The fraction of sp³-hybridized carbons (Fsp3) is 0.200. The molecular weight excluding hydrogens is 272 g/mol. The van der Waals surface area contributed by atoms with Crippen LogP contribution < -0.4 is 5.73 Å². The van der Waals surface area contributed by atoms with Gasteiger partial charge in [-0.15, -0.1) is 0 Å². The van der Waals surface area contributed by atoms with Crippen LogP contribution in [0, 0.1) is 5.41 Å². The number of nitrogens with two attached hydrogens (primary N) is 1. The minimum atomic E-state index is -0.00300. The summed E-state index contributed by atoms with van der Waals surface area (Å²) in [5, 5.41) is 8.29. The fourth-order valence-electron chi connectivity index (χ4n) is 2.10. The summed E-state index contributed by atoms with van der Waals surface area (Å²) in [7, 11) is 2.01. The van der Waals surface area contributed by atoms with Gasteiger partial charge in [-0.1, -0.05) is 29.8 Å². The fourth-order valence-corrected chi connectivity index (χ4v) is 2.32. The van der Waals surface area contributed by atoms with Gasteiger partial charge in [0, 0.05) is 24.3 Å². The van der Waals surface area contributed by atoms with E-state index < -0.39 is 0 Å². The lowest BCUT2D eigenvalue weighted by Gasteiger charge is -2.18. The first-order chi connectivity index (χ1) is 9.56. The van der Waals surface area contributed by atoms with Crippen molar-refractivity contribution >= 4 is 17.4 Å². The maximum absolute atomic E-state index is 7.55. The van der Waals surface area contributed by atoms with Gasteiger partial charge in [-0.25, -0.2) is 0 Å². The van der Waals surface area contributed by atoms with E-state index in [-0.39, 0.29) is 5.84 Å². The summed E-state index contributed by atoms with van der Waals surface area (Å²) in [6, 6.07) is 11.6. The van der Waals surface area contributed by atoms with Crippen molar-refractivity contribution < 1.29 is 0 Å². The topological polar surface area (TPSA) is 66.0 Å². The summed E-state index contributed by atoms with van der Waals surface area (Å²) >= 11 is 5.98. The van der Waals surface area contributed by atoms with Gasteiger partial charge < -0.3 is 5.73 Å². The third-order valence-electron chi connectivity index (χ3n) is 2.93. The molecule has 0 saturated carbocycles. The zero-order valence-electron chi connectivity index (χ0n) is 11.3. The first kappa shape index (κ1) is 14.5. The van der Waals surface area contributed by atoms with Crippen LogP contribution >= 0.6 is 11.6 Å². The predicted octanol–water partition coefficient (Wildman–Crippen LogP) is 2.65. The molecule has 1 aromatic heterocycles. The Kier molecular flexibility index (Phi) is 4.71. The monoisotopic (exact) mass is 288 g/mol. The van der Waals surface area contributed by atoms with Crippen LogP contribution in [0.4, 0.5) is 0 Å². The van der Waals surface area contributed by atoms with Gasteiger partial charge in [0.15, 0.2) is 0 Å². The number of hydrogen-bond donors (Lipinski definition) is 2. The maximum Gasteiger partial charge on any atom is 0.142 e. The van der Waals surface area contributed by atoms with Crippen LogP contribution in [0.1, 0.15) is 16.8 Å². The zero-order chi connectivity index (χ0) is 14.5. The van der Waals surface area contributed by atoms with Crippen LogP contribution in [-0.2, 0) is 13.1 Å². The SMILES string of the molecule is CN(Cc1cccc(Cl)c1)Cc1cccnc1C(=N)N. The summed E-state index contributed by atoms with van der Waals surface area (Å²) in [5.74, 6) is -0.00300.